The van der Waals surface area contributed by atoms with Gasteiger partial charge in [-0.25, -0.2) is 13.6 Å². The fourth-order valence-corrected chi connectivity index (χ4v) is 2.05. The molecule has 0 saturated heterocycles. The Morgan fingerprint density at radius 2 is 1.92 bits per heavy atom. The molecule has 2 aromatic carbocycles. The smallest absolute Gasteiger partial charge is 0.319 e. The molecule has 0 aliphatic heterocycles. The molecule has 0 saturated carbocycles. The highest BCUT2D eigenvalue weighted by atomic mass is 19.1. The van der Waals surface area contributed by atoms with Crippen LogP contribution in [0.15, 0.2) is 42.5 Å². The molecule has 2 amide bonds. The summed E-state index contributed by atoms with van der Waals surface area (Å²) >= 11 is 0. The lowest BCUT2D eigenvalue weighted by Gasteiger charge is -2.14. The third kappa shape index (κ3) is 4.92. The lowest BCUT2D eigenvalue weighted by Crippen LogP contribution is -2.32. The quantitative estimate of drug-likeness (QED) is 0.758. The minimum atomic E-state index is -1.28. The van der Waals surface area contributed by atoms with Gasteiger partial charge in [0.2, 0.25) is 0 Å². The standard InChI is InChI=1S/C17H18F2N2O3/c1-2-24-13-6-4-12(5-7-13)21-17(23)20-10-16(22)14-8-3-11(18)9-15(14)19/h3-9,16,22H,2,10H2,1H3,(H2,20,21,23)/t16-/m0/s1. The van der Waals surface area contributed by atoms with Crippen LogP contribution in [0.4, 0.5) is 19.3 Å². The molecule has 0 aliphatic rings. The average Bonchev–Trinajstić information content (AvgIpc) is 2.55. The fraction of sp³-hybridized carbons (Fsp3) is 0.235. The van der Waals surface area contributed by atoms with Crippen molar-refractivity contribution in [1.82, 2.24) is 5.32 Å². The van der Waals surface area contributed by atoms with E-state index in [1.807, 2.05) is 6.92 Å². The van der Waals surface area contributed by atoms with Crippen molar-refractivity contribution in [1.29, 1.82) is 0 Å². The zero-order valence-corrected chi connectivity index (χ0v) is 13.1. The van der Waals surface area contributed by atoms with Crippen LogP contribution >= 0.6 is 0 Å². The van der Waals surface area contributed by atoms with Crippen LogP contribution in [0.2, 0.25) is 0 Å². The van der Waals surface area contributed by atoms with Crippen LogP contribution in [-0.2, 0) is 0 Å². The first kappa shape index (κ1) is 17.7. The minimum Gasteiger partial charge on any atom is -0.494 e. The molecule has 0 heterocycles. The van der Waals surface area contributed by atoms with E-state index >= 15 is 0 Å². The van der Waals surface area contributed by atoms with E-state index in [0.717, 1.165) is 12.1 Å². The van der Waals surface area contributed by atoms with Crippen molar-refractivity contribution >= 4 is 11.7 Å². The Morgan fingerprint density at radius 1 is 1.21 bits per heavy atom. The van der Waals surface area contributed by atoms with Crippen LogP contribution in [0.25, 0.3) is 0 Å². The van der Waals surface area contributed by atoms with Gasteiger partial charge >= 0.3 is 6.03 Å². The number of carbonyl (C=O) groups excluding carboxylic acids is 1. The van der Waals surface area contributed by atoms with E-state index in [4.69, 9.17) is 4.74 Å². The van der Waals surface area contributed by atoms with E-state index in [-0.39, 0.29) is 12.1 Å². The van der Waals surface area contributed by atoms with Gasteiger partial charge in [0.05, 0.1) is 12.7 Å². The molecule has 0 fully saturated rings. The molecule has 5 nitrogen and oxygen atoms in total. The van der Waals surface area contributed by atoms with Crippen molar-refractivity contribution in [3.05, 3.63) is 59.7 Å². The third-order valence-corrected chi connectivity index (χ3v) is 3.20. The Labute approximate surface area is 138 Å². The molecule has 2 rings (SSSR count). The molecule has 0 unspecified atom stereocenters. The number of urea groups is 1. The van der Waals surface area contributed by atoms with Crippen molar-refractivity contribution in [2.24, 2.45) is 0 Å². The Kier molecular flexibility index (Phi) is 6.08. The van der Waals surface area contributed by atoms with E-state index in [1.54, 1.807) is 24.3 Å². The van der Waals surface area contributed by atoms with Crippen molar-refractivity contribution in [2.45, 2.75) is 13.0 Å². The summed E-state index contributed by atoms with van der Waals surface area (Å²) in [5.41, 5.74) is 0.455. The van der Waals surface area contributed by atoms with Crippen molar-refractivity contribution in [3.63, 3.8) is 0 Å². The first-order chi connectivity index (χ1) is 11.5. The van der Waals surface area contributed by atoms with Crippen LogP contribution in [-0.4, -0.2) is 24.3 Å². The molecule has 0 aliphatic carbocycles. The first-order valence-corrected chi connectivity index (χ1v) is 7.40. The molecule has 0 spiro atoms. The van der Waals surface area contributed by atoms with Gasteiger partial charge in [0.25, 0.3) is 0 Å². The van der Waals surface area contributed by atoms with E-state index in [0.29, 0.717) is 24.1 Å². The van der Waals surface area contributed by atoms with Crippen LogP contribution in [0, 0.1) is 11.6 Å². The van der Waals surface area contributed by atoms with Gasteiger partial charge in [0, 0.05) is 23.9 Å². The van der Waals surface area contributed by atoms with Crippen LogP contribution in [0.1, 0.15) is 18.6 Å². The number of hydrogen-bond donors (Lipinski definition) is 3. The number of aliphatic hydroxyl groups excluding tert-OH is 1. The summed E-state index contributed by atoms with van der Waals surface area (Å²) in [6.45, 7) is 2.20. The molecule has 1 atom stereocenters. The monoisotopic (exact) mass is 336 g/mol. The zero-order valence-electron chi connectivity index (χ0n) is 13.1. The molecule has 0 bridgehead atoms. The predicted molar refractivity (Wildman–Crippen MR) is 86.0 cm³/mol. The molecule has 24 heavy (non-hydrogen) atoms. The maximum Gasteiger partial charge on any atom is 0.319 e. The van der Waals surface area contributed by atoms with Crippen LogP contribution in [0.5, 0.6) is 5.75 Å². The Bertz CT molecular complexity index is 693. The summed E-state index contributed by atoms with van der Waals surface area (Å²) in [6, 6.07) is 9.06. The number of hydrogen-bond acceptors (Lipinski definition) is 3. The second-order valence-corrected chi connectivity index (χ2v) is 4.97. The Balaban J connectivity index is 1.86. The van der Waals surface area contributed by atoms with E-state index in [9.17, 15) is 18.7 Å². The second-order valence-electron chi connectivity index (χ2n) is 4.97. The Hall–Kier alpha value is -2.67. The molecular formula is C17H18F2N2O3. The van der Waals surface area contributed by atoms with Gasteiger partial charge in [-0.05, 0) is 37.3 Å². The lowest BCUT2D eigenvalue weighted by molar-refractivity contribution is 0.170. The van der Waals surface area contributed by atoms with Crippen LogP contribution in [0.3, 0.4) is 0 Å². The van der Waals surface area contributed by atoms with E-state index in [2.05, 4.69) is 10.6 Å². The van der Waals surface area contributed by atoms with Gasteiger partial charge in [0.15, 0.2) is 0 Å². The summed E-state index contributed by atoms with van der Waals surface area (Å²) in [6.07, 6.45) is -1.28. The Morgan fingerprint density at radius 3 is 2.54 bits per heavy atom. The number of ether oxygens (including phenoxy) is 1. The number of benzene rings is 2. The molecular weight excluding hydrogens is 318 g/mol. The van der Waals surface area contributed by atoms with E-state index < -0.39 is 23.8 Å². The zero-order chi connectivity index (χ0) is 17.5. The summed E-state index contributed by atoms with van der Waals surface area (Å²) < 4.78 is 31.7. The van der Waals surface area contributed by atoms with Gasteiger partial charge < -0.3 is 20.5 Å². The molecule has 7 heteroatoms. The number of anilines is 1. The van der Waals surface area contributed by atoms with E-state index in [1.165, 1.54) is 0 Å². The van der Waals surface area contributed by atoms with Gasteiger partial charge in [-0.3, -0.25) is 0 Å². The number of aliphatic hydroxyl groups is 1. The molecule has 128 valence electrons. The summed E-state index contributed by atoms with van der Waals surface area (Å²) in [7, 11) is 0. The fourth-order valence-electron chi connectivity index (χ4n) is 2.05. The minimum absolute atomic E-state index is 0.0854. The normalized spacial score (nSPS) is 11.7. The second kappa shape index (κ2) is 8.26. The number of rotatable bonds is 6. The van der Waals surface area contributed by atoms with Crippen molar-refractivity contribution in [3.8, 4) is 5.75 Å². The molecule has 0 aromatic heterocycles. The largest absolute Gasteiger partial charge is 0.494 e. The maximum atomic E-state index is 13.5. The first-order valence-electron chi connectivity index (χ1n) is 7.40. The van der Waals surface area contributed by atoms with Gasteiger partial charge in [-0.2, -0.15) is 0 Å². The number of nitrogens with one attached hydrogen (secondary N) is 2. The summed E-state index contributed by atoms with van der Waals surface area (Å²) in [5, 5.41) is 14.9. The highest BCUT2D eigenvalue weighted by Gasteiger charge is 2.14. The van der Waals surface area contributed by atoms with Gasteiger partial charge in [0.1, 0.15) is 17.4 Å². The number of halogens is 2. The van der Waals surface area contributed by atoms with Crippen molar-refractivity contribution in [2.75, 3.05) is 18.5 Å². The number of amides is 2. The highest BCUT2D eigenvalue weighted by Crippen LogP contribution is 2.18. The lowest BCUT2D eigenvalue weighted by atomic mass is 10.1. The number of carbonyl (C=O) groups is 1. The molecule has 0 radical (unpaired) electrons. The molecule has 3 N–H and O–H groups in total. The van der Waals surface area contributed by atoms with Crippen LogP contribution < -0.4 is 15.4 Å². The molecule has 2 aromatic rings. The van der Waals surface area contributed by atoms with Gasteiger partial charge in [-0.15, -0.1) is 0 Å². The topological polar surface area (TPSA) is 70.6 Å². The summed E-state index contributed by atoms with van der Waals surface area (Å²) in [5.74, 6) is -0.911. The predicted octanol–water partition coefficient (Wildman–Crippen LogP) is 3.22. The third-order valence-electron chi connectivity index (χ3n) is 3.20. The average molecular weight is 336 g/mol. The SMILES string of the molecule is CCOc1ccc(NC(=O)NC[C@H](O)c2ccc(F)cc2F)cc1. The summed E-state index contributed by atoms with van der Waals surface area (Å²) in [4.78, 5) is 11.8. The highest BCUT2D eigenvalue weighted by molar-refractivity contribution is 5.89. The van der Waals surface area contributed by atoms with Crippen molar-refractivity contribution < 1.29 is 23.4 Å². The van der Waals surface area contributed by atoms with Gasteiger partial charge in [-0.1, -0.05) is 6.07 Å². The maximum absolute atomic E-state index is 13.5.